The number of hydrogen-bond acceptors (Lipinski definition) is 9. The van der Waals surface area contributed by atoms with Gasteiger partial charge < -0.3 is 24.3 Å². The summed E-state index contributed by atoms with van der Waals surface area (Å²) in [5.41, 5.74) is 0. The van der Waals surface area contributed by atoms with Gasteiger partial charge in [0.2, 0.25) is 0 Å². The van der Waals surface area contributed by atoms with Crippen molar-refractivity contribution in [1.29, 1.82) is 0 Å². The van der Waals surface area contributed by atoms with Crippen LogP contribution < -0.4 is 5.90 Å². The highest BCUT2D eigenvalue weighted by Gasteiger charge is 2.32. The van der Waals surface area contributed by atoms with Crippen LogP contribution in [-0.4, -0.2) is 65.3 Å². The van der Waals surface area contributed by atoms with E-state index in [2.05, 4.69) is 19.4 Å². The van der Waals surface area contributed by atoms with Crippen molar-refractivity contribution >= 4 is 45.9 Å². The smallest absolute Gasteiger partial charge is 0.467 e. The molecule has 0 rings (SSSR count). The topological polar surface area (TPSA) is 149 Å². The fourth-order valence-electron chi connectivity index (χ4n) is 0.601. The van der Waals surface area contributed by atoms with Crippen LogP contribution in [0.3, 0.4) is 0 Å². The Labute approximate surface area is 95.4 Å². The first-order valence-electron chi connectivity index (χ1n) is 3.79. The summed E-state index contributed by atoms with van der Waals surface area (Å²) in [5, 5.41) is 26.0. The molecular weight excluding hydrogens is 240 g/mol. The van der Waals surface area contributed by atoms with Crippen LogP contribution in [0, 0.1) is 0 Å². The van der Waals surface area contributed by atoms with Gasteiger partial charge in [-0.3, -0.25) is 0 Å². The minimum absolute atomic E-state index is 0.244. The first-order chi connectivity index (χ1) is 7.46. The van der Waals surface area contributed by atoms with Gasteiger partial charge in [0.1, 0.15) is 0 Å². The third-order valence-corrected chi connectivity index (χ3v) is 2.01. The molecule has 15 heteroatoms. The standard InChI is InChI=1S/CH7B5NO8S/c7-15-16(11,12)1-13-3-5(10)6(2-8)14-4-9/h8-10H,1,7H2. The second-order valence-electron chi connectivity index (χ2n) is 2.42. The van der Waals surface area contributed by atoms with Gasteiger partial charge in [0, 0.05) is 0 Å². The quantitative estimate of drug-likeness (QED) is 0.232. The van der Waals surface area contributed by atoms with Crippen molar-refractivity contribution in [2.24, 2.45) is 5.90 Å². The molecule has 0 bridgehead atoms. The lowest BCUT2D eigenvalue weighted by Gasteiger charge is -2.12. The van der Waals surface area contributed by atoms with Crippen LogP contribution in [-0.2, 0) is 23.6 Å². The maximum Gasteiger partial charge on any atom is 0.467 e. The maximum atomic E-state index is 10.6. The molecule has 0 aliphatic carbocycles. The van der Waals surface area contributed by atoms with Crippen molar-refractivity contribution in [1.82, 2.24) is 0 Å². The Balaban J connectivity index is 3.92. The van der Waals surface area contributed by atoms with Gasteiger partial charge in [-0.1, -0.05) is 0 Å². The monoisotopic (exact) mass is 248 g/mol. The van der Waals surface area contributed by atoms with Crippen LogP contribution in [0.25, 0.3) is 0 Å². The summed E-state index contributed by atoms with van der Waals surface area (Å²) in [7, 11) is -2.67. The normalized spacial score (nSPS) is 10.8. The second kappa shape index (κ2) is 8.14. The van der Waals surface area contributed by atoms with Gasteiger partial charge >= 0.3 is 17.8 Å². The zero-order chi connectivity index (χ0) is 12.6. The molecule has 0 saturated heterocycles. The molecule has 0 aliphatic heterocycles. The van der Waals surface area contributed by atoms with Crippen LogP contribution in [0.4, 0.5) is 0 Å². The number of rotatable bonds is 9. The van der Waals surface area contributed by atoms with Crippen LogP contribution in [0.1, 0.15) is 0 Å². The molecule has 0 spiro atoms. The molecule has 0 aliphatic rings. The minimum atomic E-state index is -4.02. The SMILES string of the molecule is NOS(=O)(=O)CO[B]B(O)B([B]O)O[B]O. The molecule has 0 saturated carbocycles. The third-order valence-electron chi connectivity index (χ3n) is 1.30. The molecule has 0 amide bonds. The fourth-order valence-corrected chi connectivity index (χ4v) is 0.901. The largest absolute Gasteiger partial charge is 0.485 e. The fraction of sp³-hybridized carbons (Fsp3) is 1.00. The molecule has 0 fully saturated rings. The van der Waals surface area contributed by atoms with E-state index in [0.29, 0.717) is 14.7 Å². The van der Waals surface area contributed by atoms with Crippen molar-refractivity contribution in [3.8, 4) is 0 Å². The molecule has 0 unspecified atom stereocenters. The summed E-state index contributed by atoms with van der Waals surface area (Å²) < 4.78 is 33.6. The average Bonchev–Trinajstić information content (AvgIpc) is 2.25. The lowest BCUT2D eigenvalue weighted by molar-refractivity contribution is 0.301. The highest BCUT2D eigenvalue weighted by molar-refractivity contribution is 7.86. The van der Waals surface area contributed by atoms with E-state index in [4.69, 9.17) is 10.0 Å². The molecule has 0 aromatic rings. The number of hydrogen-bond donors (Lipinski definition) is 4. The molecule has 85 valence electrons. The predicted octanol–water partition coefficient (Wildman–Crippen LogP) is -5.00. The Kier molecular flexibility index (Phi) is 8.14. The van der Waals surface area contributed by atoms with E-state index in [1.807, 2.05) is 0 Å². The second-order valence-corrected chi connectivity index (χ2v) is 3.96. The van der Waals surface area contributed by atoms with Crippen molar-refractivity contribution in [3.63, 3.8) is 0 Å². The van der Waals surface area contributed by atoms with Crippen molar-refractivity contribution in [3.05, 3.63) is 0 Å². The van der Waals surface area contributed by atoms with E-state index in [9.17, 15) is 13.4 Å². The Hall–Kier alpha value is -0.00532. The summed E-state index contributed by atoms with van der Waals surface area (Å²) in [6.45, 7) is -2.80. The zero-order valence-electron chi connectivity index (χ0n) is 7.96. The minimum Gasteiger partial charge on any atom is -0.485 e. The lowest BCUT2D eigenvalue weighted by Crippen LogP contribution is -2.50. The first kappa shape index (κ1) is 16.0. The van der Waals surface area contributed by atoms with Gasteiger partial charge in [-0.25, -0.2) is 0 Å². The van der Waals surface area contributed by atoms with E-state index < -0.39 is 29.5 Å². The summed E-state index contributed by atoms with van der Waals surface area (Å²) >= 11 is 0. The van der Waals surface area contributed by atoms with Gasteiger partial charge in [0.15, 0.2) is 5.94 Å². The van der Waals surface area contributed by atoms with E-state index in [0.717, 1.165) is 0 Å². The molecular formula is CH7B5NO8S. The van der Waals surface area contributed by atoms with Crippen molar-refractivity contribution in [2.75, 3.05) is 5.94 Å². The summed E-state index contributed by atoms with van der Waals surface area (Å²) in [6, 6.07) is 0. The Morgan fingerprint density at radius 1 is 1.38 bits per heavy atom. The molecule has 3 radical (unpaired) electrons. The molecule has 5 N–H and O–H groups in total. The molecule has 9 nitrogen and oxygen atoms in total. The summed E-state index contributed by atoms with van der Waals surface area (Å²) in [4.78, 5) is 0. The highest BCUT2D eigenvalue weighted by Crippen LogP contribution is 1.91. The van der Waals surface area contributed by atoms with Crippen LogP contribution in [0.5, 0.6) is 0 Å². The maximum absolute atomic E-state index is 10.6. The van der Waals surface area contributed by atoms with Gasteiger partial charge in [-0.15, -0.1) is 0 Å². The van der Waals surface area contributed by atoms with Gasteiger partial charge in [-0.2, -0.15) is 18.6 Å². The van der Waals surface area contributed by atoms with Crippen LogP contribution >= 0.6 is 0 Å². The first-order valence-corrected chi connectivity index (χ1v) is 5.37. The van der Waals surface area contributed by atoms with Gasteiger partial charge in [-0.05, 0) is 0 Å². The van der Waals surface area contributed by atoms with Crippen LogP contribution in [0.15, 0.2) is 0 Å². The van der Waals surface area contributed by atoms with Crippen LogP contribution in [0.2, 0.25) is 0 Å². The lowest BCUT2D eigenvalue weighted by atomic mass is 9.04. The molecule has 16 heavy (non-hydrogen) atoms. The molecule has 0 atom stereocenters. The molecule has 0 aromatic carbocycles. The summed E-state index contributed by atoms with van der Waals surface area (Å²) in [6.07, 6.45) is 0. The Bertz CT molecular complexity index is 272. The Morgan fingerprint density at radius 3 is 2.44 bits per heavy atom. The predicted molar refractivity (Wildman–Crippen MR) is 56.7 cm³/mol. The number of nitrogens with two attached hydrogens (primary N) is 1. The van der Waals surface area contributed by atoms with E-state index in [-0.39, 0.29) is 7.69 Å². The van der Waals surface area contributed by atoms with Crippen molar-refractivity contribution in [2.45, 2.75) is 0 Å². The van der Waals surface area contributed by atoms with Crippen molar-refractivity contribution < 1.29 is 37.0 Å². The van der Waals surface area contributed by atoms with E-state index >= 15 is 0 Å². The Morgan fingerprint density at radius 2 is 2.00 bits per heavy atom. The van der Waals surface area contributed by atoms with E-state index in [1.165, 1.54) is 0 Å². The highest BCUT2D eigenvalue weighted by atomic mass is 32.2. The third kappa shape index (κ3) is 6.55. The summed E-state index contributed by atoms with van der Waals surface area (Å²) in [5.74, 6) is 3.49. The van der Waals surface area contributed by atoms with Gasteiger partial charge in [0.05, 0.1) is 0 Å². The zero-order valence-corrected chi connectivity index (χ0v) is 8.78. The average molecular weight is 247 g/mol. The molecule has 0 aromatic heterocycles. The van der Waals surface area contributed by atoms with E-state index in [1.54, 1.807) is 0 Å². The molecule has 0 heterocycles. The van der Waals surface area contributed by atoms with Gasteiger partial charge in [0.25, 0.3) is 28.1 Å².